The monoisotopic (exact) mass is 384 g/mol. The van der Waals surface area contributed by atoms with Crippen LogP contribution in [0.3, 0.4) is 0 Å². The Labute approximate surface area is 164 Å². The van der Waals surface area contributed by atoms with E-state index in [1.165, 1.54) is 17.2 Å². The molecule has 3 rings (SSSR count). The largest absolute Gasteiger partial charge is 0.390 e. The van der Waals surface area contributed by atoms with Gasteiger partial charge >= 0.3 is 0 Å². The van der Waals surface area contributed by atoms with E-state index in [0.717, 1.165) is 10.9 Å². The lowest BCUT2D eigenvalue weighted by molar-refractivity contribution is 0.270. The molecule has 0 fully saturated rings. The van der Waals surface area contributed by atoms with E-state index in [4.69, 9.17) is 0 Å². The molecule has 0 atom stereocenters. The minimum atomic E-state index is -0.246. The van der Waals surface area contributed by atoms with Gasteiger partial charge in [-0.05, 0) is 22.6 Å². The molecule has 142 valence electrons. The van der Waals surface area contributed by atoms with Crippen LogP contribution in [-0.4, -0.2) is 14.7 Å². The Balaban J connectivity index is 1.76. The summed E-state index contributed by atoms with van der Waals surface area (Å²) in [5.74, 6) is 0.521. The summed E-state index contributed by atoms with van der Waals surface area (Å²) in [6, 6.07) is 15.3. The summed E-state index contributed by atoms with van der Waals surface area (Å²) in [7, 11) is 0. The van der Waals surface area contributed by atoms with E-state index < -0.39 is 0 Å². The van der Waals surface area contributed by atoms with Gasteiger partial charge in [0.15, 0.2) is 5.16 Å². The minimum Gasteiger partial charge on any atom is -0.390 e. The average Bonchev–Trinajstić information content (AvgIpc) is 3.03. The molecule has 1 aromatic heterocycles. The van der Waals surface area contributed by atoms with Gasteiger partial charge < -0.3 is 9.67 Å². The van der Waals surface area contributed by atoms with Crippen molar-refractivity contribution in [2.24, 2.45) is 0 Å². The highest BCUT2D eigenvalue weighted by molar-refractivity contribution is 7.98. The summed E-state index contributed by atoms with van der Waals surface area (Å²) in [6.07, 6.45) is 1.66. The fourth-order valence-corrected chi connectivity index (χ4v) is 3.80. The quantitative estimate of drug-likeness (QED) is 0.597. The van der Waals surface area contributed by atoms with Gasteiger partial charge in [-0.1, -0.05) is 75.0 Å². The number of aliphatic hydroxyl groups excluding tert-OH is 1. The second-order valence-corrected chi connectivity index (χ2v) is 8.55. The fourth-order valence-electron chi connectivity index (χ4n) is 2.85. The minimum absolute atomic E-state index is 0.123. The molecule has 0 aliphatic rings. The zero-order valence-corrected chi connectivity index (χ0v) is 16.8. The summed E-state index contributed by atoms with van der Waals surface area (Å²) in [5.41, 5.74) is 3.92. The summed E-state index contributed by atoms with van der Waals surface area (Å²) < 4.78 is 15.9. The molecule has 27 heavy (non-hydrogen) atoms. The number of nitrogens with zero attached hydrogens (tertiary/aromatic N) is 2. The van der Waals surface area contributed by atoms with Gasteiger partial charge in [-0.25, -0.2) is 9.37 Å². The van der Waals surface area contributed by atoms with Gasteiger partial charge in [-0.2, -0.15) is 0 Å². The molecule has 0 saturated carbocycles. The van der Waals surface area contributed by atoms with Gasteiger partial charge in [0, 0.05) is 11.3 Å². The van der Waals surface area contributed by atoms with Crippen molar-refractivity contribution in [3.8, 4) is 0 Å². The highest BCUT2D eigenvalue weighted by atomic mass is 32.2. The lowest BCUT2D eigenvalue weighted by atomic mass is 9.87. The van der Waals surface area contributed by atoms with Gasteiger partial charge in [0.05, 0.1) is 25.0 Å². The Kier molecular flexibility index (Phi) is 6.02. The molecule has 2 aromatic carbocycles. The molecule has 3 nitrogen and oxygen atoms in total. The van der Waals surface area contributed by atoms with E-state index in [-0.39, 0.29) is 17.8 Å². The number of thioether (sulfide) groups is 1. The van der Waals surface area contributed by atoms with Crippen molar-refractivity contribution in [1.29, 1.82) is 0 Å². The van der Waals surface area contributed by atoms with Crippen molar-refractivity contribution in [1.82, 2.24) is 9.55 Å². The van der Waals surface area contributed by atoms with Crippen LogP contribution in [0.1, 0.15) is 43.2 Å². The molecular formula is C22H25FN2OS. The maximum absolute atomic E-state index is 14.0. The number of aromatic nitrogens is 2. The van der Waals surface area contributed by atoms with Crippen LogP contribution in [0.2, 0.25) is 0 Å². The third-order valence-electron chi connectivity index (χ3n) is 4.54. The smallest absolute Gasteiger partial charge is 0.168 e. The van der Waals surface area contributed by atoms with Crippen LogP contribution in [-0.2, 0) is 24.3 Å². The maximum atomic E-state index is 14.0. The molecule has 0 unspecified atom stereocenters. The van der Waals surface area contributed by atoms with E-state index in [9.17, 15) is 9.50 Å². The number of benzene rings is 2. The van der Waals surface area contributed by atoms with Crippen LogP contribution in [0.4, 0.5) is 4.39 Å². The van der Waals surface area contributed by atoms with Gasteiger partial charge in [0.1, 0.15) is 5.82 Å². The molecule has 0 bridgehead atoms. The SMILES string of the molecule is CC(C)(C)c1ccc(CSc2ncc(CO)n2Cc2ccccc2F)cc1. The van der Waals surface area contributed by atoms with Crippen molar-refractivity contribution in [2.45, 2.75) is 50.2 Å². The molecule has 0 saturated heterocycles. The Morgan fingerprint density at radius 1 is 1.07 bits per heavy atom. The molecule has 1 heterocycles. The molecular weight excluding hydrogens is 359 g/mol. The first-order valence-electron chi connectivity index (χ1n) is 8.99. The Bertz CT molecular complexity index is 897. The first-order valence-corrected chi connectivity index (χ1v) is 9.98. The lowest BCUT2D eigenvalue weighted by Crippen LogP contribution is -2.10. The number of aliphatic hydroxyl groups is 1. The van der Waals surface area contributed by atoms with Crippen LogP contribution in [0.25, 0.3) is 0 Å². The van der Waals surface area contributed by atoms with Gasteiger partial charge in [0.25, 0.3) is 0 Å². The summed E-state index contributed by atoms with van der Waals surface area (Å²) in [6.45, 7) is 6.84. The average molecular weight is 385 g/mol. The predicted octanol–water partition coefficient (Wildman–Crippen LogP) is 5.15. The van der Waals surface area contributed by atoms with Crippen molar-refractivity contribution in [3.63, 3.8) is 0 Å². The third-order valence-corrected chi connectivity index (χ3v) is 5.60. The third kappa shape index (κ3) is 4.79. The Morgan fingerprint density at radius 2 is 1.78 bits per heavy atom. The van der Waals surface area contributed by atoms with E-state index in [1.54, 1.807) is 30.1 Å². The number of rotatable bonds is 6. The second-order valence-electron chi connectivity index (χ2n) is 7.60. The topological polar surface area (TPSA) is 38.1 Å². The zero-order chi connectivity index (χ0) is 19.4. The van der Waals surface area contributed by atoms with Crippen LogP contribution in [0, 0.1) is 5.82 Å². The molecule has 5 heteroatoms. The zero-order valence-electron chi connectivity index (χ0n) is 15.9. The summed E-state index contributed by atoms with van der Waals surface area (Å²) in [4.78, 5) is 4.43. The molecule has 0 amide bonds. The fraction of sp³-hybridized carbons (Fsp3) is 0.318. The van der Waals surface area contributed by atoms with Crippen LogP contribution in [0.5, 0.6) is 0 Å². The number of hydrogen-bond donors (Lipinski definition) is 1. The number of hydrogen-bond acceptors (Lipinski definition) is 3. The number of imidazole rings is 1. The van der Waals surface area contributed by atoms with Crippen molar-refractivity contribution in [3.05, 3.63) is 82.9 Å². The van der Waals surface area contributed by atoms with Crippen molar-refractivity contribution < 1.29 is 9.50 Å². The predicted molar refractivity (Wildman–Crippen MR) is 108 cm³/mol. The van der Waals surface area contributed by atoms with E-state index in [0.29, 0.717) is 17.8 Å². The van der Waals surface area contributed by atoms with Gasteiger partial charge in [-0.3, -0.25) is 0 Å². The maximum Gasteiger partial charge on any atom is 0.168 e. The summed E-state index contributed by atoms with van der Waals surface area (Å²) in [5, 5.41) is 10.4. The van der Waals surface area contributed by atoms with E-state index in [1.807, 2.05) is 10.6 Å². The number of halogens is 1. The standard InChI is InChI=1S/C22H25FN2OS/c1-22(2,3)18-10-8-16(9-11-18)15-27-21-24-12-19(14-26)25(21)13-17-6-4-5-7-20(17)23/h4-12,26H,13-15H2,1-3H3. The van der Waals surface area contributed by atoms with Crippen LogP contribution < -0.4 is 0 Å². The second kappa shape index (κ2) is 8.28. The first kappa shape index (κ1) is 19.6. The highest BCUT2D eigenvalue weighted by Gasteiger charge is 2.14. The first-order chi connectivity index (χ1) is 12.9. The van der Waals surface area contributed by atoms with Crippen LogP contribution >= 0.6 is 11.8 Å². The molecule has 3 aromatic rings. The molecule has 0 radical (unpaired) electrons. The lowest BCUT2D eigenvalue weighted by Gasteiger charge is -2.19. The van der Waals surface area contributed by atoms with Crippen molar-refractivity contribution in [2.75, 3.05) is 0 Å². The van der Waals surface area contributed by atoms with E-state index in [2.05, 4.69) is 50.0 Å². The molecule has 0 aliphatic carbocycles. The highest BCUT2D eigenvalue weighted by Crippen LogP contribution is 2.27. The van der Waals surface area contributed by atoms with Gasteiger partial charge in [0.2, 0.25) is 0 Å². The molecule has 0 aliphatic heterocycles. The van der Waals surface area contributed by atoms with Gasteiger partial charge in [-0.15, -0.1) is 0 Å². The van der Waals surface area contributed by atoms with Crippen molar-refractivity contribution >= 4 is 11.8 Å². The normalized spacial score (nSPS) is 11.7. The Morgan fingerprint density at radius 3 is 2.41 bits per heavy atom. The van der Waals surface area contributed by atoms with E-state index >= 15 is 0 Å². The summed E-state index contributed by atoms with van der Waals surface area (Å²) >= 11 is 1.59. The Hall–Kier alpha value is -2.11. The molecule has 0 spiro atoms. The molecule has 1 N–H and O–H groups in total. The van der Waals surface area contributed by atoms with Crippen LogP contribution in [0.15, 0.2) is 59.9 Å².